The van der Waals surface area contributed by atoms with Crippen molar-refractivity contribution in [3.63, 3.8) is 0 Å². The molecular weight excluding hydrogens is 514 g/mol. The molecule has 1 N–H and O–H groups in total. The quantitative estimate of drug-likeness (QED) is 0.140. The molecule has 0 amide bonds. The summed E-state index contributed by atoms with van der Waals surface area (Å²) in [5.74, 6) is -2.09. The predicted octanol–water partition coefficient (Wildman–Crippen LogP) is 4.67. The van der Waals surface area contributed by atoms with Crippen LogP contribution in [0, 0.1) is 17.0 Å². The van der Waals surface area contributed by atoms with Crippen molar-refractivity contribution >= 4 is 17.6 Å². The predicted molar refractivity (Wildman–Crippen MR) is 151 cm³/mol. The number of benzene rings is 3. The minimum absolute atomic E-state index is 0.000104. The Hall–Kier alpha value is -4.28. The Morgan fingerprint density at radius 3 is 2.20 bits per heavy atom. The highest BCUT2D eigenvalue weighted by Crippen LogP contribution is 2.40. The molecule has 212 valence electrons. The minimum atomic E-state index is -0.888. The van der Waals surface area contributed by atoms with Crippen LogP contribution in [0.1, 0.15) is 38.3 Å². The Bertz CT molecular complexity index is 1340. The van der Waals surface area contributed by atoms with Crippen molar-refractivity contribution in [3.05, 3.63) is 93.0 Å². The van der Waals surface area contributed by atoms with Gasteiger partial charge in [0.2, 0.25) is 0 Å². The standard InChI is InChI=1S/C30H35N3O7/c1-21-19-25(34)28(30(36)39-17-10-15-31(2)3)27(23-13-8-9-14-24(23)33(37)38)26(21)29(35)40-18-16-32(4)20-22-11-6-5-7-12-22/h5-9,11-14,19,34H,10,15-18,20H2,1-4H3. The SMILES string of the molecule is Cc1cc(O)c(C(=O)OCCCN(C)C)c(-c2ccccc2[N+](=O)[O-])c1C(=O)OCCN(C)Cc1ccccc1. The molecule has 10 heteroatoms. The van der Waals surface area contributed by atoms with E-state index in [1.165, 1.54) is 24.3 Å². The summed E-state index contributed by atoms with van der Waals surface area (Å²) in [5, 5.41) is 22.7. The molecule has 0 atom stereocenters. The number of carbonyl (C=O) groups excluding carboxylic acids is 2. The molecule has 0 spiro atoms. The van der Waals surface area contributed by atoms with Gasteiger partial charge in [-0.2, -0.15) is 0 Å². The first kappa shape index (κ1) is 30.3. The van der Waals surface area contributed by atoms with Crippen molar-refractivity contribution in [1.82, 2.24) is 9.80 Å². The molecule has 0 saturated heterocycles. The lowest BCUT2D eigenvalue weighted by molar-refractivity contribution is -0.384. The first-order chi connectivity index (χ1) is 19.1. The lowest BCUT2D eigenvalue weighted by Gasteiger charge is -2.19. The molecule has 0 saturated carbocycles. The van der Waals surface area contributed by atoms with Crippen molar-refractivity contribution in [2.24, 2.45) is 0 Å². The highest BCUT2D eigenvalue weighted by atomic mass is 16.6. The van der Waals surface area contributed by atoms with Crippen LogP contribution in [0.2, 0.25) is 0 Å². The van der Waals surface area contributed by atoms with Crippen molar-refractivity contribution in [2.45, 2.75) is 19.9 Å². The Labute approximate surface area is 233 Å². The van der Waals surface area contributed by atoms with Crippen LogP contribution in [0.3, 0.4) is 0 Å². The molecule has 0 aliphatic carbocycles. The number of hydrogen-bond donors (Lipinski definition) is 1. The second kappa shape index (κ2) is 14.2. The number of nitrogens with zero attached hydrogens (tertiary/aromatic N) is 3. The van der Waals surface area contributed by atoms with E-state index in [9.17, 15) is 24.8 Å². The fraction of sp³-hybridized carbons (Fsp3) is 0.333. The van der Waals surface area contributed by atoms with E-state index in [2.05, 4.69) is 0 Å². The second-order valence-corrected chi connectivity index (χ2v) is 9.76. The lowest BCUT2D eigenvalue weighted by atomic mass is 9.89. The van der Waals surface area contributed by atoms with E-state index in [4.69, 9.17) is 9.47 Å². The third-order valence-electron chi connectivity index (χ3n) is 6.27. The van der Waals surface area contributed by atoms with Gasteiger partial charge < -0.3 is 19.5 Å². The lowest BCUT2D eigenvalue weighted by Crippen LogP contribution is -2.24. The maximum Gasteiger partial charge on any atom is 0.342 e. The van der Waals surface area contributed by atoms with Crippen molar-refractivity contribution in [3.8, 4) is 16.9 Å². The van der Waals surface area contributed by atoms with Gasteiger partial charge in [0.25, 0.3) is 5.69 Å². The molecule has 0 heterocycles. The molecule has 0 aliphatic rings. The first-order valence-electron chi connectivity index (χ1n) is 12.9. The molecule has 3 aromatic rings. The van der Waals surface area contributed by atoms with Gasteiger partial charge in [-0.15, -0.1) is 0 Å². The summed E-state index contributed by atoms with van der Waals surface area (Å²) in [5.41, 5.74) is 0.627. The van der Waals surface area contributed by atoms with Crippen LogP contribution in [-0.4, -0.2) is 79.2 Å². The molecule has 0 fully saturated rings. The molecule has 3 aromatic carbocycles. The zero-order chi connectivity index (χ0) is 29.2. The van der Waals surface area contributed by atoms with Gasteiger partial charge in [-0.1, -0.05) is 42.5 Å². The number of phenolic OH excluding ortho intramolecular Hbond substituents is 1. The Balaban J connectivity index is 1.95. The molecule has 40 heavy (non-hydrogen) atoms. The summed E-state index contributed by atoms with van der Waals surface area (Å²) in [6.07, 6.45) is 0.539. The highest BCUT2D eigenvalue weighted by molar-refractivity contribution is 6.09. The van der Waals surface area contributed by atoms with Crippen LogP contribution in [0.5, 0.6) is 5.75 Å². The summed E-state index contributed by atoms with van der Waals surface area (Å²) in [7, 11) is 5.67. The molecule has 0 bridgehead atoms. The van der Waals surface area contributed by atoms with E-state index >= 15 is 0 Å². The Kier molecular flexibility index (Phi) is 10.7. The van der Waals surface area contributed by atoms with Gasteiger partial charge in [-0.25, -0.2) is 9.59 Å². The summed E-state index contributed by atoms with van der Waals surface area (Å²) < 4.78 is 11.0. The topological polar surface area (TPSA) is 122 Å². The summed E-state index contributed by atoms with van der Waals surface area (Å²) in [4.78, 5) is 41.9. The fourth-order valence-electron chi connectivity index (χ4n) is 4.34. The third-order valence-corrected chi connectivity index (χ3v) is 6.27. The van der Waals surface area contributed by atoms with Gasteiger partial charge in [0.15, 0.2) is 0 Å². The molecule has 0 aromatic heterocycles. The molecule has 0 unspecified atom stereocenters. The van der Waals surface area contributed by atoms with Crippen LogP contribution < -0.4 is 0 Å². The number of esters is 2. The Morgan fingerprint density at radius 2 is 1.52 bits per heavy atom. The maximum atomic E-state index is 13.5. The van der Waals surface area contributed by atoms with Gasteiger partial charge >= 0.3 is 11.9 Å². The number of phenols is 1. The van der Waals surface area contributed by atoms with Gasteiger partial charge in [0.1, 0.15) is 17.9 Å². The highest BCUT2D eigenvalue weighted by Gasteiger charge is 2.31. The number of ether oxygens (including phenoxy) is 2. The summed E-state index contributed by atoms with van der Waals surface area (Å²) in [6.45, 7) is 3.43. The van der Waals surface area contributed by atoms with Gasteiger partial charge in [-0.3, -0.25) is 15.0 Å². The zero-order valence-electron chi connectivity index (χ0n) is 23.3. The van der Waals surface area contributed by atoms with E-state index in [0.717, 1.165) is 5.56 Å². The number of aryl methyl sites for hydroxylation is 1. The number of rotatable bonds is 13. The van der Waals surface area contributed by atoms with Crippen molar-refractivity contribution in [1.29, 1.82) is 0 Å². The maximum absolute atomic E-state index is 13.5. The normalized spacial score (nSPS) is 11.1. The molecule has 0 aliphatic heterocycles. The Morgan fingerprint density at radius 1 is 0.900 bits per heavy atom. The fourth-order valence-corrected chi connectivity index (χ4v) is 4.34. The zero-order valence-corrected chi connectivity index (χ0v) is 23.3. The van der Waals surface area contributed by atoms with E-state index in [1.807, 2.05) is 61.3 Å². The van der Waals surface area contributed by atoms with E-state index < -0.39 is 22.6 Å². The van der Waals surface area contributed by atoms with E-state index in [1.54, 1.807) is 13.0 Å². The van der Waals surface area contributed by atoms with E-state index in [0.29, 0.717) is 31.6 Å². The molecule has 0 radical (unpaired) electrons. The smallest absolute Gasteiger partial charge is 0.342 e. The summed E-state index contributed by atoms with van der Waals surface area (Å²) >= 11 is 0. The largest absolute Gasteiger partial charge is 0.507 e. The monoisotopic (exact) mass is 549 g/mol. The number of nitro benzene ring substituents is 1. The number of para-hydroxylation sites is 1. The number of carbonyl (C=O) groups is 2. The minimum Gasteiger partial charge on any atom is -0.507 e. The number of aromatic hydroxyl groups is 1. The van der Waals surface area contributed by atoms with Crippen LogP contribution in [-0.2, 0) is 16.0 Å². The number of likely N-dealkylation sites (N-methyl/N-ethyl adjacent to an activating group) is 1. The third kappa shape index (κ3) is 7.87. The second-order valence-electron chi connectivity index (χ2n) is 9.76. The number of hydrogen-bond acceptors (Lipinski definition) is 9. The average molecular weight is 550 g/mol. The summed E-state index contributed by atoms with van der Waals surface area (Å²) in [6, 6.07) is 16.9. The van der Waals surface area contributed by atoms with Crippen LogP contribution in [0.15, 0.2) is 60.7 Å². The van der Waals surface area contributed by atoms with E-state index in [-0.39, 0.29) is 41.2 Å². The van der Waals surface area contributed by atoms with Gasteiger partial charge in [0, 0.05) is 31.3 Å². The molecular formula is C30H35N3O7. The van der Waals surface area contributed by atoms with Gasteiger partial charge in [0.05, 0.1) is 22.7 Å². The average Bonchev–Trinajstić information content (AvgIpc) is 2.90. The number of nitro groups is 1. The van der Waals surface area contributed by atoms with Crippen LogP contribution in [0.25, 0.3) is 11.1 Å². The van der Waals surface area contributed by atoms with Crippen LogP contribution >= 0.6 is 0 Å². The van der Waals surface area contributed by atoms with Crippen molar-refractivity contribution < 1.29 is 29.1 Å². The first-order valence-corrected chi connectivity index (χ1v) is 12.9. The van der Waals surface area contributed by atoms with Gasteiger partial charge in [-0.05, 0) is 57.7 Å². The molecule has 10 nitrogen and oxygen atoms in total. The van der Waals surface area contributed by atoms with Crippen LogP contribution in [0.4, 0.5) is 5.69 Å². The molecule has 3 rings (SSSR count). The van der Waals surface area contributed by atoms with Crippen molar-refractivity contribution in [2.75, 3.05) is 47.4 Å².